The second-order valence-corrected chi connectivity index (χ2v) is 6.32. The molecule has 7 heteroatoms. The second-order valence-electron chi connectivity index (χ2n) is 5.42. The van der Waals surface area contributed by atoms with Crippen molar-refractivity contribution in [2.24, 2.45) is 5.84 Å². The van der Waals surface area contributed by atoms with Crippen LogP contribution < -0.4 is 16.2 Å². The largest absolute Gasteiger partial charge is 0.353 e. The molecule has 2 aromatic rings. The van der Waals surface area contributed by atoms with Crippen molar-refractivity contribution in [2.75, 3.05) is 30.5 Å². The molecule has 2 atom stereocenters. The van der Waals surface area contributed by atoms with E-state index in [4.69, 9.17) is 5.84 Å². The normalized spacial score (nSPS) is 24.3. The first-order valence-corrected chi connectivity index (χ1v) is 7.67. The maximum Gasteiger partial charge on any atom is 0.240 e. The van der Waals surface area contributed by atoms with E-state index in [1.807, 2.05) is 5.38 Å². The third-order valence-corrected chi connectivity index (χ3v) is 4.90. The third-order valence-electron chi connectivity index (χ3n) is 4.09. The quantitative estimate of drug-likeness (QED) is 0.646. The standard InChI is InChI=1S/C13H20N6S/c1-8-6-19(7-9(2)18(8)3)11-10-4-5-20-12(10)16-13(15-11)17-14/h4-5,8-9H,6-7,14H2,1-3H3,(H,15,16,17). The van der Waals surface area contributed by atoms with Gasteiger partial charge in [-0.2, -0.15) is 4.98 Å². The summed E-state index contributed by atoms with van der Waals surface area (Å²) in [5.74, 6) is 6.95. The molecule has 2 unspecified atom stereocenters. The molecule has 1 saturated heterocycles. The molecule has 0 saturated carbocycles. The van der Waals surface area contributed by atoms with E-state index in [-0.39, 0.29) is 0 Å². The number of thiophene rings is 1. The Hall–Kier alpha value is -1.44. The highest BCUT2D eigenvalue weighted by Gasteiger charge is 2.28. The van der Waals surface area contributed by atoms with Gasteiger partial charge in [-0.3, -0.25) is 10.3 Å². The number of fused-ring (bicyclic) bond motifs is 1. The summed E-state index contributed by atoms with van der Waals surface area (Å²) in [7, 11) is 2.18. The predicted octanol–water partition coefficient (Wildman–Crippen LogP) is 1.51. The summed E-state index contributed by atoms with van der Waals surface area (Å²) in [6, 6.07) is 3.08. The minimum Gasteiger partial charge on any atom is -0.353 e. The summed E-state index contributed by atoms with van der Waals surface area (Å²) in [5.41, 5.74) is 2.57. The Morgan fingerprint density at radius 1 is 1.30 bits per heavy atom. The van der Waals surface area contributed by atoms with E-state index in [0.717, 1.165) is 29.1 Å². The lowest BCUT2D eigenvalue weighted by molar-refractivity contribution is 0.170. The topological polar surface area (TPSA) is 70.3 Å². The lowest BCUT2D eigenvalue weighted by atomic mass is 10.1. The van der Waals surface area contributed by atoms with E-state index in [1.165, 1.54) is 0 Å². The van der Waals surface area contributed by atoms with Gasteiger partial charge in [0.05, 0.1) is 5.39 Å². The minimum atomic E-state index is 0.481. The van der Waals surface area contributed by atoms with Gasteiger partial charge in [-0.1, -0.05) is 0 Å². The number of hydrazine groups is 1. The van der Waals surface area contributed by atoms with Gasteiger partial charge in [0.15, 0.2) is 0 Å². The SMILES string of the molecule is CC1CN(c2nc(NN)nc3sccc23)CC(C)N1C. The first kappa shape index (κ1) is 13.5. The van der Waals surface area contributed by atoms with Gasteiger partial charge in [-0.15, -0.1) is 11.3 Å². The van der Waals surface area contributed by atoms with Gasteiger partial charge in [-0.25, -0.2) is 10.8 Å². The number of nitrogens with one attached hydrogen (secondary N) is 1. The molecule has 0 bridgehead atoms. The lowest BCUT2D eigenvalue weighted by Gasteiger charge is -2.43. The fourth-order valence-corrected chi connectivity index (χ4v) is 3.48. The van der Waals surface area contributed by atoms with E-state index >= 15 is 0 Å². The van der Waals surface area contributed by atoms with Crippen molar-refractivity contribution in [1.29, 1.82) is 0 Å². The number of anilines is 2. The van der Waals surface area contributed by atoms with Crippen molar-refractivity contribution >= 4 is 33.3 Å². The van der Waals surface area contributed by atoms with Crippen molar-refractivity contribution in [3.8, 4) is 0 Å². The van der Waals surface area contributed by atoms with Gasteiger partial charge in [0.1, 0.15) is 10.6 Å². The number of aromatic nitrogens is 2. The van der Waals surface area contributed by atoms with Crippen LogP contribution in [0.3, 0.4) is 0 Å². The molecular formula is C13H20N6S. The Kier molecular flexibility index (Phi) is 3.49. The molecule has 108 valence electrons. The second kappa shape index (κ2) is 5.16. The van der Waals surface area contributed by atoms with Crippen LogP contribution in [-0.2, 0) is 0 Å². The summed E-state index contributed by atoms with van der Waals surface area (Å²) in [5, 5.41) is 3.16. The number of piperazine rings is 1. The highest BCUT2D eigenvalue weighted by molar-refractivity contribution is 7.16. The molecule has 1 aliphatic rings. The minimum absolute atomic E-state index is 0.481. The molecule has 3 N–H and O–H groups in total. The van der Waals surface area contributed by atoms with E-state index in [2.05, 4.69) is 52.2 Å². The summed E-state index contributed by atoms with van der Waals surface area (Å²) in [6.07, 6.45) is 0. The van der Waals surface area contributed by atoms with E-state index in [1.54, 1.807) is 11.3 Å². The summed E-state index contributed by atoms with van der Waals surface area (Å²) in [6.45, 7) is 6.42. The molecule has 20 heavy (non-hydrogen) atoms. The van der Waals surface area contributed by atoms with Crippen molar-refractivity contribution in [2.45, 2.75) is 25.9 Å². The first-order chi connectivity index (χ1) is 9.60. The molecular weight excluding hydrogens is 272 g/mol. The Balaban J connectivity index is 2.02. The van der Waals surface area contributed by atoms with Gasteiger partial charge in [-0.05, 0) is 32.3 Å². The zero-order valence-corrected chi connectivity index (χ0v) is 12.8. The number of likely N-dealkylation sites (N-methyl/N-ethyl adjacent to an activating group) is 1. The van der Waals surface area contributed by atoms with Crippen LogP contribution in [0.1, 0.15) is 13.8 Å². The molecule has 1 aliphatic heterocycles. The third kappa shape index (κ3) is 2.21. The Labute approximate surface area is 122 Å². The lowest BCUT2D eigenvalue weighted by Crippen LogP contribution is -2.55. The van der Waals surface area contributed by atoms with E-state index in [0.29, 0.717) is 18.0 Å². The summed E-state index contributed by atoms with van der Waals surface area (Å²) < 4.78 is 0. The molecule has 0 radical (unpaired) electrons. The average Bonchev–Trinajstić information content (AvgIpc) is 2.91. The highest BCUT2D eigenvalue weighted by Crippen LogP contribution is 2.30. The fraction of sp³-hybridized carbons (Fsp3) is 0.538. The number of hydrogen-bond donors (Lipinski definition) is 2. The molecule has 2 aromatic heterocycles. The molecule has 0 aromatic carbocycles. The maximum atomic E-state index is 5.49. The van der Waals surface area contributed by atoms with Gasteiger partial charge < -0.3 is 4.90 Å². The monoisotopic (exact) mass is 292 g/mol. The summed E-state index contributed by atoms with van der Waals surface area (Å²) in [4.78, 5) is 14.7. The van der Waals surface area contributed by atoms with Crippen LogP contribution in [0.15, 0.2) is 11.4 Å². The van der Waals surface area contributed by atoms with Crippen LogP contribution in [0.4, 0.5) is 11.8 Å². The van der Waals surface area contributed by atoms with Gasteiger partial charge >= 0.3 is 0 Å². The molecule has 0 amide bonds. The number of hydrogen-bond acceptors (Lipinski definition) is 7. The van der Waals surface area contributed by atoms with Crippen molar-refractivity contribution in [3.05, 3.63) is 11.4 Å². The number of nitrogens with two attached hydrogens (primary N) is 1. The first-order valence-electron chi connectivity index (χ1n) is 6.79. The van der Waals surface area contributed by atoms with Crippen molar-refractivity contribution < 1.29 is 0 Å². The average molecular weight is 292 g/mol. The van der Waals surface area contributed by atoms with Gasteiger partial charge in [0.25, 0.3) is 0 Å². The molecule has 3 heterocycles. The highest BCUT2D eigenvalue weighted by atomic mass is 32.1. The zero-order valence-electron chi connectivity index (χ0n) is 12.0. The number of rotatable bonds is 2. The van der Waals surface area contributed by atoms with Gasteiger partial charge in [0.2, 0.25) is 5.95 Å². The molecule has 0 aliphatic carbocycles. The predicted molar refractivity (Wildman–Crippen MR) is 84.1 cm³/mol. The maximum absolute atomic E-state index is 5.49. The molecule has 3 rings (SSSR count). The Morgan fingerprint density at radius 3 is 2.65 bits per heavy atom. The zero-order chi connectivity index (χ0) is 14.3. The van der Waals surface area contributed by atoms with Crippen LogP contribution in [-0.4, -0.2) is 47.1 Å². The Bertz CT molecular complexity index is 600. The molecule has 1 fully saturated rings. The summed E-state index contributed by atoms with van der Waals surface area (Å²) >= 11 is 1.61. The Morgan fingerprint density at radius 2 is 2.00 bits per heavy atom. The van der Waals surface area contributed by atoms with Gasteiger partial charge in [0, 0.05) is 25.2 Å². The van der Waals surface area contributed by atoms with Crippen LogP contribution in [0.25, 0.3) is 10.2 Å². The smallest absolute Gasteiger partial charge is 0.240 e. The number of nitrogen functional groups attached to an aromatic ring is 1. The van der Waals surface area contributed by atoms with Crippen LogP contribution in [0.5, 0.6) is 0 Å². The van der Waals surface area contributed by atoms with Crippen molar-refractivity contribution in [1.82, 2.24) is 14.9 Å². The fourth-order valence-electron chi connectivity index (χ4n) is 2.72. The van der Waals surface area contributed by atoms with Crippen LogP contribution in [0.2, 0.25) is 0 Å². The molecule has 0 spiro atoms. The van der Waals surface area contributed by atoms with Crippen LogP contribution in [0, 0.1) is 0 Å². The van der Waals surface area contributed by atoms with Crippen LogP contribution >= 0.6 is 11.3 Å². The van der Waals surface area contributed by atoms with E-state index in [9.17, 15) is 0 Å². The van der Waals surface area contributed by atoms with E-state index < -0.39 is 0 Å². The number of nitrogens with zero attached hydrogens (tertiary/aromatic N) is 4. The van der Waals surface area contributed by atoms with Crippen molar-refractivity contribution in [3.63, 3.8) is 0 Å². The molecule has 6 nitrogen and oxygen atoms in total.